The Morgan fingerprint density at radius 2 is 2.13 bits per heavy atom. The number of carbonyl (C=O) groups excluding carboxylic acids is 1. The van der Waals surface area contributed by atoms with E-state index < -0.39 is 0 Å². The van der Waals surface area contributed by atoms with E-state index in [1.54, 1.807) is 6.20 Å². The first-order valence-corrected chi connectivity index (χ1v) is 4.97. The summed E-state index contributed by atoms with van der Waals surface area (Å²) in [5, 5.41) is 3.62. The zero-order valence-electron chi connectivity index (χ0n) is 8.19. The Hall–Kier alpha value is -1.55. The maximum Gasteiger partial charge on any atom is 0.221 e. The van der Waals surface area contributed by atoms with Crippen molar-refractivity contribution in [2.24, 2.45) is 0 Å². The molecule has 76 valence electrons. The number of anilines is 1. The van der Waals surface area contributed by atoms with Crippen LogP contribution in [0.3, 0.4) is 0 Å². The summed E-state index contributed by atoms with van der Waals surface area (Å²) in [5.74, 6) is -0.123. The van der Waals surface area contributed by atoms with Crippen LogP contribution in [0.2, 0.25) is 0 Å². The van der Waals surface area contributed by atoms with Gasteiger partial charge in [-0.15, -0.1) is 12.6 Å². The van der Waals surface area contributed by atoms with Crippen LogP contribution in [0.15, 0.2) is 35.4 Å². The molecular weight excluding hydrogens is 208 g/mol. The smallest absolute Gasteiger partial charge is 0.221 e. The third-order valence-electron chi connectivity index (χ3n) is 2.06. The third kappa shape index (κ3) is 1.94. The Labute approximate surface area is 92.9 Å². The molecule has 0 aliphatic carbocycles. The molecule has 2 aromatic rings. The monoisotopic (exact) mass is 218 g/mol. The number of fused-ring (bicyclic) bond motifs is 1. The Kier molecular flexibility index (Phi) is 2.60. The molecule has 0 bridgehead atoms. The van der Waals surface area contributed by atoms with E-state index in [1.165, 1.54) is 6.92 Å². The van der Waals surface area contributed by atoms with Crippen LogP contribution in [0.25, 0.3) is 10.9 Å². The molecule has 15 heavy (non-hydrogen) atoms. The van der Waals surface area contributed by atoms with Gasteiger partial charge in [-0.3, -0.25) is 9.78 Å². The summed E-state index contributed by atoms with van der Waals surface area (Å²) < 4.78 is 0. The van der Waals surface area contributed by atoms with E-state index >= 15 is 0 Å². The molecule has 1 heterocycles. The van der Waals surface area contributed by atoms with Gasteiger partial charge < -0.3 is 5.32 Å². The van der Waals surface area contributed by atoms with Crippen LogP contribution >= 0.6 is 12.6 Å². The van der Waals surface area contributed by atoms with Crippen LogP contribution in [0.5, 0.6) is 0 Å². The summed E-state index contributed by atoms with van der Waals surface area (Å²) in [4.78, 5) is 15.9. The second-order valence-corrected chi connectivity index (χ2v) is 3.67. The summed E-state index contributed by atoms with van der Waals surface area (Å²) in [6, 6.07) is 7.67. The molecule has 2 rings (SSSR count). The maximum atomic E-state index is 10.9. The predicted octanol–water partition coefficient (Wildman–Crippen LogP) is 2.48. The number of nitrogens with one attached hydrogen (secondary N) is 1. The molecule has 1 N–H and O–H groups in total. The summed E-state index contributed by atoms with van der Waals surface area (Å²) >= 11 is 4.38. The van der Waals surface area contributed by atoms with Crippen LogP contribution in [-0.4, -0.2) is 10.9 Å². The molecule has 1 aromatic carbocycles. The van der Waals surface area contributed by atoms with E-state index in [4.69, 9.17) is 0 Å². The number of hydrogen-bond donors (Lipinski definition) is 2. The van der Waals surface area contributed by atoms with Gasteiger partial charge in [-0.1, -0.05) is 18.2 Å². The van der Waals surface area contributed by atoms with Gasteiger partial charge in [0.1, 0.15) is 0 Å². The lowest BCUT2D eigenvalue weighted by atomic mass is 10.2. The number of carbonyl (C=O) groups is 1. The first-order chi connectivity index (χ1) is 7.18. The molecule has 0 spiro atoms. The van der Waals surface area contributed by atoms with E-state index in [-0.39, 0.29) is 5.91 Å². The molecule has 4 heteroatoms. The van der Waals surface area contributed by atoms with Gasteiger partial charge in [0.05, 0.1) is 17.4 Å². The van der Waals surface area contributed by atoms with Gasteiger partial charge in [0.25, 0.3) is 0 Å². The van der Waals surface area contributed by atoms with Crippen molar-refractivity contribution in [1.29, 1.82) is 0 Å². The van der Waals surface area contributed by atoms with Crippen molar-refractivity contribution in [3.63, 3.8) is 0 Å². The first kappa shape index (κ1) is 9.98. The highest BCUT2D eigenvalue weighted by Gasteiger charge is 2.05. The molecular formula is C11H10N2OS. The largest absolute Gasteiger partial charge is 0.324 e. The lowest BCUT2D eigenvalue weighted by molar-refractivity contribution is -0.114. The second-order valence-electron chi connectivity index (χ2n) is 3.22. The standard InChI is InChI=1S/C11H10N2OS/c1-7(14)13-10-6-12-9-5-3-2-4-8(9)11(10)15/h2-6H,1H3,(H,12,15)(H,13,14). The minimum Gasteiger partial charge on any atom is -0.324 e. The number of pyridine rings is 1. The van der Waals surface area contributed by atoms with Gasteiger partial charge in [0, 0.05) is 17.2 Å². The number of thiol groups is 1. The van der Waals surface area contributed by atoms with Crippen LogP contribution in [0.4, 0.5) is 5.69 Å². The zero-order chi connectivity index (χ0) is 10.8. The molecule has 0 radical (unpaired) electrons. The summed E-state index contributed by atoms with van der Waals surface area (Å²) in [7, 11) is 0. The number of para-hydroxylation sites is 1. The number of amides is 1. The van der Waals surface area contributed by atoms with Gasteiger partial charge in [-0.05, 0) is 6.07 Å². The minimum atomic E-state index is -0.123. The van der Waals surface area contributed by atoms with E-state index in [2.05, 4.69) is 22.9 Å². The highest BCUT2D eigenvalue weighted by atomic mass is 32.1. The van der Waals surface area contributed by atoms with Gasteiger partial charge in [0.2, 0.25) is 5.91 Å². The second kappa shape index (κ2) is 3.90. The topological polar surface area (TPSA) is 42.0 Å². The molecule has 1 amide bonds. The Morgan fingerprint density at radius 3 is 2.87 bits per heavy atom. The fourth-order valence-electron chi connectivity index (χ4n) is 1.41. The fourth-order valence-corrected chi connectivity index (χ4v) is 1.71. The highest BCUT2D eigenvalue weighted by molar-refractivity contribution is 7.80. The maximum absolute atomic E-state index is 10.9. The van der Waals surface area contributed by atoms with E-state index in [0.29, 0.717) is 5.69 Å². The van der Waals surface area contributed by atoms with Crippen molar-refractivity contribution < 1.29 is 4.79 Å². The van der Waals surface area contributed by atoms with Gasteiger partial charge >= 0.3 is 0 Å². The molecule has 1 aromatic heterocycles. The Morgan fingerprint density at radius 1 is 1.40 bits per heavy atom. The van der Waals surface area contributed by atoms with E-state index in [9.17, 15) is 4.79 Å². The summed E-state index contributed by atoms with van der Waals surface area (Å²) in [5.41, 5.74) is 1.51. The van der Waals surface area contributed by atoms with Crippen LogP contribution in [0, 0.1) is 0 Å². The van der Waals surface area contributed by atoms with Crippen molar-refractivity contribution in [1.82, 2.24) is 4.98 Å². The van der Waals surface area contributed by atoms with E-state index in [0.717, 1.165) is 15.8 Å². The predicted molar refractivity (Wildman–Crippen MR) is 63.3 cm³/mol. The normalized spacial score (nSPS) is 10.3. The fraction of sp³-hybridized carbons (Fsp3) is 0.0909. The van der Waals surface area contributed by atoms with Crippen LogP contribution < -0.4 is 5.32 Å². The first-order valence-electron chi connectivity index (χ1n) is 4.53. The lowest BCUT2D eigenvalue weighted by Gasteiger charge is -2.07. The zero-order valence-corrected chi connectivity index (χ0v) is 9.08. The third-order valence-corrected chi connectivity index (χ3v) is 2.54. The summed E-state index contributed by atoms with van der Waals surface area (Å²) in [6.07, 6.45) is 1.62. The van der Waals surface area contributed by atoms with Gasteiger partial charge in [-0.2, -0.15) is 0 Å². The number of nitrogens with zero attached hydrogens (tertiary/aromatic N) is 1. The molecule has 0 aliphatic heterocycles. The summed E-state index contributed by atoms with van der Waals surface area (Å²) in [6.45, 7) is 1.46. The molecule has 0 atom stereocenters. The average Bonchev–Trinajstić information content (AvgIpc) is 2.22. The number of hydrogen-bond acceptors (Lipinski definition) is 3. The van der Waals surface area contributed by atoms with Gasteiger partial charge in [-0.25, -0.2) is 0 Å². The quantitative estimate of drug-likeness (QED) is 0.722. The van der Waals surface area contributed by atoms with Crippen molar-refractivity contribution in [2.75, 3.05) is 5.32 Å². The SMILES string of the molecule is CC(=O)Nc1cnc2ccccc2c1S. The van der Waals surface area contributed by atoms with Gasteiger partial charge in [0.15, 0.2) is 0 Å². The van der Waals surface area contributed by atoms with Crippen LogP contribution in [0.1, 0.15) is 6.92 Å². The number of aromatic nitrogens is 1. The average molecular weight is 218 g/mol. The lowest BCUT2D eigenvalue weighted by Crippen LogP contribution is -2.06. The molecule has 3 nitrogen and oxygen atoms in total. The molecule has 0 saturated heterocycles. The van der Waals surface area contributed by atoms with E-state index in [1.807, 2.05) is 24.3 Å². The Balaban J connectivity index is 2.59. The molecule has 0 fully saturated rings. The Bertz CT molecular complexity index is 525. The van der Waals surface area contributed by atoms with Crippen molar-refractivity contribution in [3.05, 3.63) is 30.5 Å². The number of benzene rings is 1. The number of rotatable bonds is 1. The minimum absolute atomic E-state index is 0.123. The van der Waals surface area contributed by atoms with Crippen molar-refractivity contribution >= 4 is 35.1 Å². The van der Waals surface area contributed by atoms with Crippen molar-refractivity contribution in [2.45, 2.75) is 11.8 Å². The molecule has 0 aliphatic rings. The highest BCUT2D eigenvalue weighted by Crippen LogP contribution is 2.27. The van der Waals surface area contributed by atoms with Crippen molar-refractivity contribution in [3.8, 4) is 0 Å². The molecule has 0 saturated carbocycles. The molecule has 0 unspecified atom stereocenters. The van der Waals surface area contributed by atoms with Crippen LogP contribution in [-0.2, 0) is 4.79 Å².